The van der Waals surface area contributed by atoms with Gasteiger partial charge in [-0.1, -0.05) is 99.9 Å². The van der Waals surface area contributed by atoms with Crippen LogP contribution in [0.15, 0.2) is 72.8 Å². The zero-order chi connectivity index (χ0) is 26.7. The summed E-state index contributed by atoms with van der Waals surface area (Å²) in [6, 6.07) is 25.4. The average Bonchev–Trinajstić information content (AvgIpc) is 2.97. The molecule has 0 radical (unpaired) electrons. The number of aliphatic hydroxyl groups excluding tert-OH is 2. The van der Waals surface area contributed by atoms with Crippen molar-refractivity contribution in [1.82, 2.24) is 0 Å². The molecule has 0 bridgehead atoms. The average molecular weight is 519 g/mol. The zero-order valence-corrected chi connectivity index (χ0v) is 23.0. The van der Waals surface area contributed by atoms with Crippen LogP contribution in [0.4, 0.5) is 0 Å². The Bertz CT molecular complexity index is 898. The zero-order valence-electron chi connectivity index (χ0n) is 23.0. The summed E-state index contributed by atoms with van der Waals surface area (Å²) in [5, 5.41) is 17.6. The molecule has 206 valence electrons. The molecule has 3 rings (SSSR count). The first-order valence-electron chi connectivity index (χ1n) is 14.6. The second kappa shape index (κ2) is 18.4. The van der Waals surface area contributed by atoms with Gasteiger partial charge in [-0.2, -0.15) is 0 Å². The monoisotopic (exact) mass is 518 g/mol. The molecule has 4 heteroatoms. The highest BCUT2D eigenvalue weighted by molar-refractivity contribution is 5.71. The van der Waals surface area contributed by atoms with Crippen LogP contribution in [0.25, 0.3) is 22.3 Å². The number of aliphatic hydroxyl groups is 2. The van der Waals surface area contributed by atoms with Crippen LogP contribution >= 0.6 is 0 Å². The predicted octanol–water partition coefficient (Wildman–Crippen LogP) is 8.44. The lowest BCUT2D eigenvalue weighted by Crippen LogP contribution is -1.97. The summed E-state index contributed by atoms with van der Waals surface area (Å²) >= 11 is 0. The molecule has 2 N–H and O–H groups in total. The van der Waals surface area contributed by atoms with E-state index in [1.807, 2.05) is 0 Å². The van der Waals surface area contributed by atoms with Crippen LogP contribution in [0, 0.1) is 0 Å². The fraction of sp³-hybridized carbons (Fsp3) is 0.471. The lowest BCUT2D eigenvalue weighted by atomic mass is 10.0. The summed E-state index contributed by atoms with van der Waals surface area (Å²) < 4.78 is 11.8. The molecular formula is C34H46O4. The minimum atomic E-state index is 0.308. The second-order valence-electron chi connectivity index (χ2n) is 10.0. The van der Waals surface area contributed by atoms with Crippen LogP contribution in [0.2, 0.25) is 0 Å². The largest absolute Gasteiger partial charge is 0.494 e. The van der Waals surface area contributed by atoms with Crippen molar-refractivity contribution in [2.75, 3.05) is 26.4 Å². The number of ether oxygens (including phenoxy) is 2. The molecule has 0 aliphatic heterocycles. The third-order valence-corrected chi connectivity index (χ3v) is 6.90. The van der Waals surface area contributed by atoms with Crippen molar-refractivity contribution in [2.24, 2.45) is 0 Å². The van der Waals surface area contributed by atoms with E-state index in [9.17, 15) is 0 Å². The molecule has 0 unspecified atom stereocenters. The van der Waals surface area contributed by atoms with Gasteiger partial charge in [-0.3, -0.25) is 0 Å². The fourth-order valence-corrected chi connectivity index (χ4v) is 4.56. The van der Waals surface area contributed by atoms with E-state index in [2.05, 4.69) is 72.8 Å². The van der Waals surface area contributed by atoms with Crippen LogP contribution in [0.3, 0.4) is 0 Å². The number of unbranched alkanes of at least 4 members (excludes halogenated alkanes) is 10. The molecule has 0 aliphatic rings. The Morgan fingerprint density at radius 2 is 0.605 bits per heavy atom. The van der Waals surface area contributed by atoms with Crippen molar-refractivity contribution in [3.63, 3.8) is 0 Å². The molecule has 0 fully saturated rings. The van der Waals surface area contributed by atoms with E-state index in [-0.39, 0.29) is 0 Å². The molecule has 0 aliphatic carbocycles. The molecule has 0 saturated carbocycles. The Morgan fingerprint density at radius 1 is 0.342 bits per heavy atom. The summed E-state index contributed by atoms with van der Waals surface area (Å²) in [7, 11) is 0. The molecule has 0 amide bonds. The van der Waals surface area contributed by atoms with Crippen LogP contribution in [-0.2, 0) is 0 Å². The van der Waals surface area contributed by atoms with Gasteiger partial charge in [-0.15, -0.1) is 0 Å². The van der Waals surface area contributed by atoms with E-state index in [4.69, 9.17) is 19.7 Å². The molecule has 0 spiro atoms. The highest BCUT2D eigenvalue weighted by Crippen LogP contribution is 2.27. The quantitative estimate of drug-likeness (QED) is 0.147. The van der Waals surface area contributed by atoms with Gasteiger partial charge < -0.3 is 19.7 Å². The summed E-state index contributed by atoms with van der Waals surface area (Å²) in [6.45, 7) is 2.12. The van der Waals surface area contributed by atoms with Gasteiger partial charge in [-0.25, -0.2) is 0 Å². The van der Waals surface area contributed by atoms with Crippen LogP contribution < -0.4 is 9.47 Å². The molecule has 3 aromatic carbocycles. The van der Waals surface area contributed by atoms with Crippen LogP contribution in [0.1, 0.15) is 77.0 Å². The van der Waals surface area contributed by atoms with Gasteiger partial charge in [0, 0.05) is 13.2 Å². The Kier molecular flexibility index (Phi) is 14.4. The smallest absolute Gasteiger partial charge is 0.119 e. The molecule has 4 nitrogen and oxygen atoms in total. The van der Waals surface area contributed by atoms with E-state index in [1.165, 1.54) is 60.8 Å². The summed E-state index contributed by atoms with van der Waals surface area (Å²) in [6.07, 6.45) is 13.4. The van der Waals surface area contributed by atoms with E-state index >= 15 is 0 Å². The second-order valence-corrected chi connectivity index (χ2v) is 10.0. The lowest BCUT2D eigenvalue weighted by molar-refractivity contribution is 0.280. The summed E-state index contributed by atoms with van der Waals surface area (Å²) in [5.74, 6) is 1.84. The van der Waals surface area contributed by atoms with E-state index < -0.39 is 0 Å². The van der Waals surface area contributed by atoms with Gasteiger partial charge in [0.25, 0.3) is 0 Å². The molecule has 0 heterocycles. The van der Waals surface area contributed by atoms with E-state index in [0.29, 0.717) is 13.2 Å². The number of rotatable bonds is 20. The predicted molar refractivity (Wildman–Crippen MR) is 158 cm³/mol. The standard InChI is InChI=1S/C34H46O4/c35-25-9-5-1-3-7-11-27-37-33-21-17-31(18-22-33)29-13-15-30(16-14-29)32-19-23-34(24-20-32)38-28-12-8-4-2-6-10-26-36/h13-24,35-36H,1-12,25-28H2. The normalized spacial score (nSPS) is 11.0. The minimum absolute atomic E-state index is 0.308. The maximum Gasteiger partial charge on any atom is 0.119 e. The maximum absolute atomic E-state index is 8.82. The highest BCUT2D eigenvalue weighted by Gasteiger charge is 2.03. The first-order valence-corrected chi connectivity index (χ1v) is 14.6. The number of hydrogen-bond acceptors (Lipinski definition) is 4. The minimum Gasteiger partial charge on any atom is -0.494 e. The van der Waals surface area contributed by atoms with E-state index in [0.717, 1.165) is 63.2 Å². The Labute approximate surface area is 229 Å². The topological polar surface area (TPSA) is 58.9 Å². The summed E-state index contributed by atoms with van der Waals surface area (Å²) in [4.78, 5) is 0. The molecule has 0 atom stereocenters. The number of benzene rings is 3. The van der Waals surface area contributed by atoms with Crippen molar-refractivity contribution in [1.29, 1.82) is 0 Å². The van der Waals surface area contributed by atoms with Gasteiger partial charge >= 0.3 is 0 Å². The lowest BCUT2D eigenvalue weighted by Gasteiger charge is -2.09. The number of hydrogen-bond donors (Lipinski definition) is 2. The molecular weight excluding hydrogens is 472 g/mol. The Balaban J connectivity index is 1.37. The summed E-state index contributed by atoms with van der Waals surface area (Å²) in [5.41, 5.74) is 4.76. The third kappa shape index (κ3) is 11.3. The van der Waals surface area contributed by atoms with Gasteiger partial charge in [0.05, 0.1) is 13.2 Å². The first-order chi connectivity index (χ1) is 18.8. The van der Waals surface area contributed by atoms with Gasteiger partial charge in [0.2, 0.25) is 0 Å². The maximum atomic E-state index is 8.82. The van der Waals surface area contributed by atoms with Crippen molar-refractivity contribution < 1.29 is 19.7 Å². The fourth-order valence-electron chi connectivity index (χ4n) is 4.56. The SMILES string of the molecule is OCCCCCCCCOc1ccc(-c2ccc(-c3ccc(OCCCCCCCCO)cc3)cc2)cc1. The van der Waals surface area contributed by atoms with Gasteiger partial charge in [0.15, 0.2) is 0 Å². The van der Waals surface area contributed by atoms with Crippen molar-refractivity contribution in [3.8, 4) is 33.8 Å². The van der Waals surface area contributed by atoms with Crippen LogP contribution in [0.5, 0.6) is 11.5 Å². The van der Waals surface area contributed by atoms with Crippen molar-refractivity contribution in [3.05, 3.63) is 72.8 Å². The van der Waals surface area contributed by atoms with Crippen LogP contribution in [-0.4, -0.2) is 36.6 Å². The molecule has 38 heavy (non-hydrogen) atoms. The van der Waals surface area contributed by atoms with E-state index in [1.54, 1.807) is 0 Å². The Morgan fingerprint density at radius 3 is 0.921 bits per heavy atom. The molecule has 0 aromatic heterocycles. The molecule has 3 aromatic rings. The molecule has 0 saturated heterocycles. The van der Waals surface area contributed by atoms with Crippen molar-refractivity contribution >= 4 is 0 Å². The first kappa shape index (κ1) is 29.7. The highest BCUT2D eigenvalue weighted by atomic mass is 16.5. The van der Waals surface area contributed by atoms with Gasteiger partial charge in [-0.05, 0) is 72.2 Å². The van der Waals surface area contributed by atoms with Gasteiger partial charge in [0.1, 0.15) is 11.5 Å². The van der Waals surface area contributed by atoms with Crippen molar-refractivity contribution in [2.45, 2.75) is 77.0 Å². The third-order valence-electron chi connectivity index (χ3n) is 6.90. The Hall–Kier alpha value is -2.82.